The molecule has 1 aromatic heterocycles. The third-order valence-electron chi connectivity index (χ3n) is 4.68. The van der Waals surface area contributed by atoms with E-state index < -0.39 is 5.97 Å². The average Bonchev–Trinajstić information content (AvgIpc) is 2.78. The predicted molar refractivity (Wildman–Crippen MR) is 112 cm³/mol. The molecular formula is C24H18O6. The molecule has 30 heavy (non-hydrogen) atoms. The Hall–Kier alpha value is -4.06. The first-order chi connectivity index (χ1) is 14.5. The van der Waals surface area contributed by atoms with Gasteiger partial charge >= 0.3 is 5.97 Å². The molecule has 1 N–H and O–H groups in total. The monoisotopic (exact) mass is 402 g/mol. The largest absolute Gasteiger partial charge is 0.508 e. The highest BCUT2D eigenvalue weighted by atomic mass is 16.5. The van der Waals surface area contributed by atoms with Gasteiger partial charge in [0, 0.05) is 6.07 Å². The molecule has 0 fully saturated rings. The molecular weight excluding hydrogens is 384 g/mol. The highest BCUT2D eigenvalue weighted by molar-refractivity contribution is 5.89. The quantitative estimate of drug-likeness (QED) is 0.494. The van der Waals surface area contributed by atoms with Crippen LogP contribution in [0.15, 0.2) is 82.2 Å². The predicted octanol–water partition coefficient (Wildman–Crippen LogP) is 4.53. The van der Waals surface area contributed by atoms with Crippen LogP contribution < -0.4 is 10.2 Å². The van der Waals surface area contributed by atoms with Crippen molar-refractivity contribution >= 4 is 16.9 Å². The van der Waals surface area contributed by atoms with Crippen LogP contribution in [0.5, 0.6) is 11.5 Å². The standard InChI is InChI=1S/C24H18O6/c1-28-24(27)17-4-2-3-15(11-17)13-29-19-9-10-20-22(12-19)30-14-21(23(20)26)16-5-7-18(25)8-6-16/h2-12,14,25H,13H2,1H3. The number of carbonyl (C=O) groups excluding carboxylic acids is 1. The summed E-state index contributed by atoms with van der Waals surface area (Å²) >= 11 is 0. The van der Waals surface area contributed by atoms with E-state index in [-0.39, 0.29) is 17.8 Å². The topological polar surface area (TPSA) is 86.0 Å². The van der Waals surface area contributed by atoms with E-state index >= 15 is 0 Å². The van der Waals surface area contributed by atoms with Crippen molar-refractivity contribution in [3.63, 3.8) is 0 Å². The Kier molecular flexibility index (Phi) is 5.22. The molecule has 6 heteroatoms. The van der Waals surface area contributed by atoms with Crippen molar-refractivity contribution in [2.75, 3.05) is 7.11 Å². The zero-order valence-electron chi connectivity index (χ0n) is 16.1. The molecule has 0 aliphatic rings. The van der Waals surface area contributed by atoms with Crippen molar-refractivity contribution in [1.29, 1.82) is 0 Å². The Balaban J connectivity index is 1.57. The number of methoxy groups -OCH3 is 1. The maximum absolute atomic E-state index is 12.8. The molecule has 0 radical (unpaired) electrons. The minimum Gasteiger partial charge on any atom is -0.508 e. The molecule has 3 aromatic carbocycles. The average molecular weight is 402 g/mol. The Morgan fingerprint density at radius 3 is 2.60 bits per heavy atom. The molecule has 0 atom stereocenters. The summed E-state index contributed by atoms with van der Waals surface area (Å²) < 4.78 is 16.2. The maximum Gasteiger partial charge on any atom is 0.337 e. The summed E-state index contributed by atoms with van der Waals surface area (Å²) in [6, 6.07) is 18.4. The van der Waals surface area contributed by atoms with Crippen LogP contribution in [0.2, 0.25) is 0 Å². The Labute approximate surface area is 171 Å². The van der Waals surface area contributed by atoms with Gasteiger partial charge < -0.3 is 19.0 Å². The molecule has 0 bridgehead atoms. The number of aromatic hydroxyl groups is 1. The summed E-state index contributed by atoms with van der Waals surface area (Å²) in [6.45, 7) is 0.242. The van der Waals surface area contributed by atoms with E-state index in [1.54, 1.807) is 48.5 Å². The number of hydrogen-bond donors (Lipinski definition) is 1. The number of ether oxygens (including phenoxy) is 2. The summed E-state index contributed by atoms with van der Waals surface area (Å²) in [4.78, 5) is 24.5. The van der Waals surface area contributed by atoms with Gasteiger partial charge in [-0.25, -0.2) is 4.79 Å². The van der Waals surface area contributed by atoms with Crippen molar-refractivity contribution < 1.29 is 23.8 Å². The molecule has 1 heterocycles. The van der Waals surface area contributed by atoms with Crippen LogP contribution >= 0.6 is 0 Å². The highest BCUT2D eigenvalue weighted by Crippen LogP contribution is 2.25. The van der Waals surface area contributed by atoms with Gasteiger partial charge in [0.25, 0.3) is 0 Å². The van der Waals surface area contributed by atoms with Crippen LogP contribution in [0.3, 0.4) is 0 Å². The van der Waals surface area contributed by atoms with E-state index in [4.69, 9.17) is 13.9 Å². The van der Waals surface area contributed by atoms with Crippen LogP contribution in [0, 0.1) is 0 Å². The molecule has 0 aliphatic heterocycles. The van der Waals surface area contributed by atoms with Crippen molar-refractivity contribution in [3.05, 3.63) is 94.3 Å². The smallest absolute Gasteiger partial charge is 0.337 e. The zero-order valence-corrected chi connectivity index (χ0v) is 16.1. The molecule has 150 valence electrons. The van der Waals surface area contributed by atoms with E-state index in [0.717, 1.165) is 5.56 Å². The van der Waals surface area contributed by atoms with Crippen molar-refractivity contribution in [3.8, 4) is 22.6 Å². The van der Waals surface area contributed by atoms with Gasteiger partial charge in [0.2, 0.25) is 0 Å². The van der Waals surface area contributed by atoms with Gasteiger partial charge in [0.05, 0.1) is 23.6 Å². The van der Waals surface area contributed by atoms with Gasteiger partial charge in [-0.2, -0.15) is 0 Å². The third kappa shape index (κ3) is 3.89. The van der Waals surface area contributed by atoms with Crippen molar-refractivity contribution in [1.82, 2.24) is 0 Å². The number of fused-ring (bicyclic) bond motifs is 1. The number of benzene rings is 3. The van der Waals surface area contributed by atoms with Crippen LogP contribution in [0.1, 0.15) is 15.9 Å². The molecule has 4 rings (SSSR count). The molecule has 4 aromatic rings. The van der Waals surface area contributed by atoms with Gasteiger partial charge in [0.15, 0.2) is 5.43 Å². The zero-order chi connectivity index (χ0) is 21.1. The fraction of sp³-hybridized carbons (Fsp3) is 0.0833. The second kappa shape index (κ2) is 8.13. The maximum atomic E-state index is 12.8. The number of phenolic OH excluding ortho intramolecular Hbond substituents is 1. The normalized spacial score (nSPS) is 10.7. The summed E-state index contributed by atoms with van der Waals surface area (Å²) in [7, 11) is 1.33. The molecule has 0 saturated carbocycles. The number of phenols is 1. The minimum atomic E-state index is -0.409. The lowest BCUT2D eigenvalue weighted by Gasteiger charge is -2.09. The van der Waals surface area contributed by atoms with E-state index in [1.807, 2.05) is 6.07 Å². The fourth-order valence-electron chi connectivity index (χ4n) is 3.11. The summed E-state index contributed by atoms with van der Waals surface area (Å²) in [6.07, 6.45) is 1.40. The number of esters is 1. The number of carbonyl (C=O) groups is 1. The minimum absolute atomic E-state index is 0.128. The van der Waals surface area contributed by atoms with Crippen LogP contribution in [0.25, 0.3) is 22.1 Å². The summed E-state index contributed by atoms with van der Waals surface area (Å²) in [5.74, 6) is 0.253. The number of rotatable bonds is 5. The van der Waals surface area contributed by atoms with E-state index in [0.29, 0.717) is 33.4 Å². The van der Waals surface area contributed by atoms with E-state index in [1.165, 1.54) is 25.5 Å². The molecule has 0 spiro atoms. The summed E-state index contributed by atoms with van der Waals surface area (Å²) in [5.41, 5.74) is 2.57. The lowest BCUT2D eigenvalue weighted by molar-refractivity contribution is 0.0600. The lowest BCUT2D eigenvalue weighted by atomic mass is 10.1. The molecule has 0 amide bonds. The molecule has 6 nitrogen and oxygen atoms in total. The first-order valence-electron chi connectivity index (χ1n) is 9.20. The second-order valence-corrected chi connectivity index (χ2v) is 6.66. The molecule has 0 unspecified atom stereocenters. The van der Waals surface area contributed by atoms with Gasteiger partial charge in [-0.15, -0.1) is 0 Å². The molecule has 0 saturated heterocycles. The first-order valence-corrected chi connectivity index (χ1v) is 9.20. The first kappa shape index (κ1) is 19.3. The van der Waals surface area contributed by atoms with Crippen LogP contribution in [-0.2, 0) is 11.3 Å². The lowest BCUT2D eigenvalue weighted by Crippen LogP contribution is -2.05. The Bertz CT molecular complexity index is 1270. The SMILES string of the molecule is COC(=O)c1cccc(COc2ccc3c(=O)c(-c4ccc(O)cc4)coc3c2)c1. The third-order valence-corrected chi connectivity index (χ3v) is 4.68. The Morgan fingerprint density at radius 2 is 1.83 bits per heavy atom. The van der Waals surface area contributed by atoms with E-state index in [2.05, 4.69) is 0 Å². The number of hydrogen-bond acceptors (Lipinski definition) is 6. The summed E-state index contributed by atoms with van der Waals surface area (Å²) in [5, 5.41) is 9.86. The second-order valence-electron chi connectivity index (χ2n) is 6.66. The van der Waals surface area contributed by atoms with Crippen LogP contribution in [0.4, 0.5) is 0 Å². The van der Waals surface area contributed by atoms with Gasteiger partial charge in [-0.1, -0.05) is 24.3 Å². The van der Waals surface area contributed by atoms with Crippen LogP contribution in [-0.4, -0.2) is 18.2 Å². The van der Waals surface area contributed by atoms with Crippen molar-refractivity contribution in [2.24, 2.45) is 0 Å². The van der Waals surface area contributed by atoms with E-state index in [9.17, 15) is 14.7 Å². The Morgan fingerprint density at radius 1 is 1.03 bits per heavy atom. The highest BCUT2D eigenvalue weighted by Gasteiger charge is 2.11. The van der Waals surface area contributed by atoms with Crippen molar-refractivity contribution in [2.45, 2.75) is 6.61 Å². The van der Waals surface area contributed by atoms with Gasteiger partial charge in [-0.05, 0) is 47.5 Å². The van der Waals surface area contributed by atoms with Gasteiger partial charge in [-0.3, -0.25) is 4.79 Å². The molecule has 0 aliphatic carbocycles. The van der Waals surface area contributed by atoms with Gasteiger partial charge in [0.1, 0.15) is 30.0 Å². The fourth-order valence-corrected chi connectivity index (χ4v) is 3.11.